The van der Waals surface area contributed by atoms with Crippen molar-refractivity contribution < 1.29 is 9.53 Å². The average molecular weight is 288 g/mol. The molecule has 3 rings (SSSR count). The van der Waals surface area contributed by atoms with Crippen molar-refractivity contribution in [1.29, 1.82) is 0 Å². The Balaban J connectivity index is 1.56. The van der Waals surface area contributed by atoms with Crippen molar-refractivity contribution in [1.82, 2.24) is 4.90 Å². The van der Waals surface area contributed by atoms with E-state index in [4.69, 9.17) is 4.74 Å². The van der Waals surface area contributed by atoms with Crippen LogP contribution in [-0.4, -0.2) is 42.6 Å². The van der Waals surface area contributed by atoms with Gasteiger partial charge in [0.15, 0.2) is 0 Å². The van der Waals surface area contributed by atoms with Crippen LogP contribution in [0.4, 0.5) is 5.69 Å². The van der Waals surface area contributed by atoms with Crippen LogP contribution in [0.5, 0.6) is 0 Å². The lowest BCUT2D eigenvalue weighted by Crippen LogP contribution is -2.42. The number of benzene rings is 1. The van der Waals surface area contributed by atoms with Gasteiger partial charge in [0.2, 0.25) is 0 Å². The van der Waals surface area contributed by atoms with Gasteiger partial charge in [0.25, 0.3) is 0 Å². The summed E-state index contributed by atoms with van der Waals surface area (Å²) in [6.45, 7) is 4.73. The van der Waals surface area contributed by atoms with Gasteiger partial charge in [-0.25, -0.2) is 4.79 Å². The zero-order valence-corrected chi connectivity index (χ0v) is 12.7. The van der Waals surface area contributed by atoms with Gasteiger partial charge in [-0.2, -0.15) is 0 Å². The van der Waals surface area contributed by atoms with Crippen LogP contribution in [0.15, 0.2) is 24.3 Å². The van der Waals surface area contributed by atoms with Crippen molar-refractivity contribution >= 4 is 11.7 Å². The highest BCUT2D eigenvalue weighted by Crippen LogP contribution is 2.28. The summed E-state index contributed by atoms with van der Waals surface area (Å²) in [5, 5.41) is 3.61. The van der Waals surface area contributed by atoms with Crippen molar-refractivity contribution in [3.8, 4) is 0 Å². The summed E-state index contributed by atoms with van der Waals surface area (Å²) >= 11 is 0. The fourth-order valence-corrected chi connectivity index (χ4v) is 3.51. The molecule has 0 aliphatic carbocycles. The standard InChI is InChI=1S/C17H24N2O2/c1-2-21-17(20)13-5-7-14(8-6-13)18-15-9-11-19-10-3-4-16(19)12-15/h5-8,15-16,18H,2-4,9-12H2,1H3. The van der Waals surface area contributed by atoms with Crippen LogP contribution >= 0.6 is 0 Å². The predicted octanol–water partition coefficient (Wildman–Crippen LogP) is 2.90. The number of hydrogen-bond acceptors (Lipinski definition) is 4. The molecule has 4 heteroatoms. The number of carbonyl (C=O) groups excluding carboxylic acids is 1. The van der Waals surface area contributed by atoms with E-state index < -0.39 is 0 Å². The molecule has 2 heterocycles. The average Bonchev–Trinajstić information content (AvgIpc) is 2.96. The first-order chi connectivity index (χ1) is 10.3. The molecule has 0 amide bonds. The molecule has 1 aromatic rings. The Morgan fingerprint density at radius 2 is 2.10 bits per heavy atom. The van der Waals surface area contributed by atoms with Crippen LogP contribution < -0.4 is 5.32 Å². The van der Waals surface area contributed by atoms with E-state index in [2.05, 4.69) is 10.2 Å². The van der Waals surface area contributed by atoms with E-state index in [1.54, 1.807) is 0 Å². The third kappa shape index (κ3) is 3.38. The van der Waals surface area contributed by atoms with Crippen molar-refractivity contribution in [2.24, 2.45) is 0 Å². The van der Waals surface area contributed by atoms with E-state index in [1.807, 2.05) is 31.2 Å². The Labute approximate surface area is 126 Å². The number of hydrogen-bond donors (Lipinski definition) is 1. The Morgan fingerprint density at radius 3 is 2.86 bits per heavy atom. The fourth-order valence-electron chi connectivity index (χ4n) is 3.51. The first-order valence-electron chi connectivity index (χ1n) is 8.04. The van der Waals surface area contributed by atoms with Crippen molar-refractivity contribution in [3.05, 3.63) is 29.8 Å². The zero-order chi connectivity index (χ0) is 14.7. The molecule has 2 aliphatic rings. The van der Waals surface area contributed by atoms with Crippen LogP contribution in [0.1, 0.15) is 43.0 Å². The van der Waals surface area contributed by atoms with E-state index in [0.29, 0.717) is 18.2 Å². The lowest BCUT2D eigenvalue weighted by Gasteiger charge is -2.35. The molecular formula is C17H24N2O2. The van der Waals surface area contributed by atoms with E-state index in [-0.39, 0.29) is 5.97 Å². The first-order valence-corrected chi connectivity index (χ1v) is 8.04. The molecule has 2 unspecified atom stereocenters. The number of fused-ring (bicyclic) bond motifs is 1. The first kappa shape index (κ1) is 14.4. The minimum Gasteiger partial charge on any atom is -0.462 e. The van der Waals surface area contributed by atoms with Gasteiger partial charge < -0.3 is 15.0 Å². The Kier molecular flexibility index (Phi) is 4.44. The molecule has 0 saturated carbocycles. The van der Waals surface area contributed by atoms with Gasteiger partial charge in [0, 0.05) is 24.3 Å². The third-order valence-corrected chi connectivity index (χ3v) is 4.59. The molecule has 2 fully saturated rings. The van der Waals surface area contributed by atoms with E-state index in [1.165, 1.54) is 38.8 Å². The van der Waals surface area contributed by atoms with Crippen molar-refractivity contribution in [2.75, 3.05) is 25.0 Å². The monoisotopic (exact) mass is 288 g/mol. The van der Waals surface area contributed by atoms with Gasteiger partial charge in [-0.3, -0.25) is 0 Å². The molecule has 1 aromatic carbocycles. The summed E-state index contributed by atoms with van der Waals surface area (Å²) in [4.78, 5) is 14.2. The van der Waals surface area contributed by atoms with E-state index in [9.17, 15) is 4.79 Å². The molecule has 2 aliphatic heterocycles. The van der Waals surface area contributed by atoms with Gasteiger partial charge in [-0.05, 0) is 63.4 Å². The zero-order valence-electron chi connectivity index (χ0n) is 12.7. The van der Waals surface area contributed by atoms with Gasteiger partial charge in [0.05, 0.1) is 12.2 Å². The molecule has 0 aromatic heterocycles. The smallest absolute Gasteiger partial charge is 0.338 e. The van der Waals surface area contributed by atoms with Crippen LogP contribution in [-0.2, 0) is 4.74 Å². The number of ether oxygens (including phenoxy) is 1. The largest absolute Gasteiger partial charge is 0.462 e. The number of anilines is 1. The highest BCUT2D eigenvalue weighted by molar-refractivity contribution is 5.89. The maximum absolute atomic E-state index is 11.6. The minimum atomic E-state index is -0.247. The summed E-state index contributed by atoms with van der Waals surface area (Å²) in [7, 11) is 0. The van der Waals surface area contributed by atoms with Crippen LogP contribution in [0, 0.1) is 0 Å². The fraction of sp³-hybridized carbons (Fsp3) is 0.588. The summed E-state index contributed by atoms with van der Waals surface area (Å²) < 4.78 is 5.00. The maximum atomic E-state index is 11.6. The van der Waals surface area contributed by atoms with Crippen LogP contribution in [0.3, 0.4) is 0 Å². The predicted molar refractivity (Wildman–Crippen MR) is 83.6 cm³/mol. The normalized spacial score (nSPS) is 25.4. The van der Waals surface area contributed by atoms with Crippen LogP contribution in [0.25, 0.3) is 0 Å². The molecule has 2 atom stereocenters. The molecule has 2 saturated heterocycles. The second-order valence-electron chi connectivity index (χ2n) is 6.00. The Bertz CT molecular complexity index is 486. The Morgan fingerprint density at radius 1 is 1.29 bits per heavy atom. The van der Waals surface area contributed by atoms with Crippen molar-refractivity contribution in [3.63, 3.8) is 0 Å². The highest BCUT2D eigenvalue weighted by Gasteiger charge is 2.31. The number of piperidine rings is 1. The molecule has 1 N–H and O–H groups in total. The number of rotatable bonds is 4. The van der Waals surface area contributed by atoms with E-state index >= 15 is 0 Å². The lowest BCUT2D eigenvalue weighted by atomic mass is 9.97. The molecule has 114 valence electrons. The maximum Gasteiger partial charge on any atom is 0.338 e. The topological polar surface area (TPSA) is 41.6 Å². The molecule has 0 radical (unpaired) electrons. The summed E-state index contributed by atoms with van der Waals surface area (Å²) in [6, 6.07) is 8.96. The number of nitrogens with one attached hydrogen (secondary N) is 1. The van der Waals surface area contributed by atoms with Crippen molar-refractivity contribution in [2.45, 2.75) is 44.7 Å². The molecule has 4 nitrogen and oxygen atoms in total. The van der Waals surface area contributed by atoms with Gasteiger partial charge in [0.1, 0.15) is 0 Å². The highest BCUT2D eigenvalue weighted by atomic mass is 16.5. The second-order valence-corrected chi connectivity index (χ2v) is 6.00. The van der Waals surface area contributed by atoms with Crippen LogP contribution in [0.2, 0.25) is 0 Å². The molecule has 0 bridgehead atoms. The number of nitrogens with zero attached hydrogens (tertiary/aromatic N) is 1. The Hall–Kier alpha value is -1.55. The lowest BCUT2D eigenvalue weighted by molar-refractivity contribution is 0.0526. The second kappa shape index (κ2) is 6.48. The van der Waals surface area contributed by atoms with E-state index in [0.717, 1.165) is 11.7 Å². The SMILES string of the molecule is CCOC(=O)c1ccc(NC2CCN3CCCC3C2)cc1. The third-order valence-electron chi connectivity index (χ3n) is 4.59. The molecular weight excluding hydrogens is 264 g/mol. The summed E-state index contributed by atoms with van der Waals surface area (Å²) in [5.41, 5.74) is 1.72. The summed E-state index contributed by atoms with van der Waals surface area (Å²) in [6.07, 6.45) is 5.14. The minimum absolute atomic E-state index is 0.247. The number of carbonyl (C=O) groups is 1. The van der Waals surface area contributed by atoms with Gasteiger partial charge in [-0.1, -0.05) is 0 Å². The van der Waals surface area contributed by atoms with Gasteiger partial charge >= 0.3 is 5.97 Å². The quantitative estimate of drug-likeness (QED) is 0.865. The number of esters is 1. The summed E-state index contributed by atoms with van der Waals surface area (Å²) in [5.74, 6) is -0.247. The molecule has 21 heavy (non-hydrogen) atoms. The van der Waals surface area contributed by atoms with Gasteiger partial charge in [-0.15, -0.1) is 0 Å². The molecule has 0 spiro atoms.